The number of nitrogens with zero attached hydrogens (tertiary/aromatic N) is 3. The maximum absolute atomic E-state index is 14.7. The highest BCUT2D eigenvalue weighted by Crippen LogP contribution is 2.31. The van der Waals surface area contributed by atoms with Gasteiger partial charge in [0.25, 0.3) is 5.89 Å². The van der Waals surface area contributed by atoms with Crippen molar-refractivity contribution >= 4 is 27.4 Å². The van der Waals surface area contributed by atoms with Gasteiger partial charge in [0.05, 0.1) is 17.3 Å². The van der Waals surface area contributed by atoms with Crippen molar-refractivity contribution in [3.8, 4) is 11.5 Å². The largest absolute Gasteiger partial charge is 0.415 e. The molecule has 0 atom stereocenters. The fourth-order valence-corrected chi connectivity index (χ4v) is 4.07. The zero-order valence-corrected chi connectivity index (χ0v) is 16.6. The van der Waals surface area contributed by atoms with Crippen molar-refractivity contribution in [2.45, 2.75) is 13.0 Å². The first-order chi connectivity index (χ1) is 13.2. The number of rotatable bonds is 6. The minimum absolute atomic E-state index is 0.00619. The Morgan fingerprint density at radius 2 is 1.89 bits per heavy atom. The lowest BCUT2D eigenvalue weighted by Crippen LogP contribution is -2.35. The van der Waals surface area contributed by atoms with Gasteiger partial charge in [0.15, 0.2) is 0 Å². The molecule has 0 N–H and O–H groups in total. The Labute approximate surface area is 165 Å². The molecule has 0 saturated carbocycles. The summed E-state index contributed by atoms with van der Waals surface area (Å²) < 4.78 is 59.0. The summed E-state index contributed by atoms with van der Waals surface area (Å²) in [6.07, 6.45) is 0.220. The number of benzene rings is 2. The number of para-hydroxylation sites is 1. The van der Waals surface area contributed by atoms with Crippen LogP contribution < -0.4 is 4.31 Å². The van der Waals surface area contributed by atoms with E-state index in [9.17, 15) is 17.4 Å². The Morgan fingerprint density at radius 1 is 1.18 bits per heavy atom. The quantitative estimate of drug-likeness (QED) is 0.576. The van der Waals surface area contributed by atoms with Crippen molar-refractivity contribution in [3.05, 3.63) is 64.8 Å². The van der Waals surface area contributed by atoms with Crippen LogP contribution >= 0.6 is 11.6 Å². The first kappa shape index (κ1) is 20.3. The molecule has 1 aromatic heterocycles. The molecule has 5 nitrogen and oxygen atoms in total. The highest BCUT2D eigenvalue weighted by molar-refractivity contribution is 8.03. The molecule has 0 spiro atoms. The van der Waals surface area contributed by atoms with E-state index in [0.717, 1.165) is 6.07 Å². The van der Waals surface area contributed by atoms with Crippen molar-refractivity contribution in [2.24, 2.45) is 0 Å². The summed E-state index contributed by atoms with van der Waals surface area (Å²) in [5, 5.41) is 7.12. The molecule has 28 heavy (non-hydrogen) atoms. The molecule has 0 unspecified atom stereocenters. The van der Waals surface area contributed by atoms with E-state index in [0.29, 0.717) is 10.7 Å². The number of anilines is 1. The number of halogens is 4. The third-order valence-corrected chi connectivity index (χ3v) is 5.80. The van der Waals surface area contributed by atoms with Gasteiger partial charge in [-0.2, -0.15) is 8.78 Å². The maximum Gasteiger partial charge on any atom is 0.314 e. The maximum atomic E-state index is 14.7. The SMILES string of the molecule is C[SH](C)(=O)N(Cc1ccc(-c2nnc(C(F)F)o2)cc1F)c1ccccc1Cl. The minimum atomic E-state index is -2.90. The fraction of sp³-hybridized carbons (Fsp3) is 0.222. The molecule has 0 aliphatic heterocycles. The predicted octanol–water partition coefficient (Wildman–Crippen LogP) is 4.66. The Hall–Kier alpha value is -2.39. The number of alkyl halides is 2. The molecular formula is C18H17ClF3N3O2S. The van der Waals surface area contributed by atoms with Crippen LogP contribution in [0, 0.1) is 5.82 Å². The molecule has 0 aliphatic rings. The normalized spacial score (nSPS) is 12.4. The van der Waals surface area contributed by atoms with Crippen LogP contribution in [-0.4, -0.2) is 26.9 Å². The number of aromatic nitrogens is 2. The number of hydrogen-bond donors (Lipinski definition) is 1. The molecular weight excluding hydrogens is 415 g/mol. The first-order valence-electron chi connectivity index (χ1n) is 8.14. The Bertz CT molecular complexity index is 1040. The molecule has 3 aromatic rings. The third kappa shape index (κ3) is 4.36. The minimum Gasteiger partial charge on any atom is -0.415 e. The van der Waals surface area contributed by atoms with Crippen LogP contribution in [0.1, 0.15) is 17.9 Å². The van der Waals surface area contributed by atoms with Gasteiger partial charge in [-0.15, -0.1) is 10.2 Å². The van der Waals surface area contributed by atoms with E-state index in [1.54, 1.807) is 41.1 Å². The second-order valence-corrected chi connectivity index (χ2v) is 9.83. The number of thiol groups is 1. The van der Waals surface area contributed by atoms with Gasteiger partial charge in [-0.3, -0.25) is 4.21 Å². The zero-order chi connectivity index (χ0) is 20.5. The van der Waals surface area contributed by atoms with Gasteiger partial charge in [0, 0.05) is 23.6 Å². The lowest BCUT2D eigenvalue weighted by Gasteiger charge is -2.33. The molecule has 0 bridgehead atoms. The predicted molar refractivity (Wildman–Crippen MR) is 104 cm³/mol. The molecule has 0 aliphatic carbocycles. The summed E-state index contributed by atoms with van der Waals surface area (Å²) >= 11 is 6.22. The van der Waals surface area contributed by atoms with Gasteiger partial charge < -0.3 is 8.72 Å². The summed E-state index contributed by atoms with van der Waals surface area (Å²) in [4.78, 5) is 0. The molecule has 0 fully saturated rings. The van der Waals surface area contributed by atoms with Crippen LogP contribution in [0.15, 0.2) is 46.9 Å². The lowest BCUT2D eigenvalue weighted by atomic mass is 10.1. The number of hydrogen-bond acceptors (Lipinski definition) is 4. The topological polar surface area (TPSA) is 59.2 Å². The monoisotopic (exact) mass is 431 g/mol. The van der Waals surface area contributed by atoms with Crippen molar-refractivity contribution in [1.82, 2.24) is 10.2 Å². The first-order valence-corrected chi connectivity index (χ1v) is 11.1. The second-order valence-electron chi connectivity index (χ2n) is 6.36. The van der Waals surface area contributed by atoms with E-state index in [1.807, 2.05) is 0 Å². The van der Waals surface area contributed by atoms with Gasteiger partial charge >= 0.3 is 6.43 Å². The average molecular weight is 432 g/mol. The zero-order valence-electron chi connectivity index (χ0n) is 14.9. The van der Waals surface area contributed by atoms with Gasteiger partial charge in [-0.1, -0.05) is 29.8 Å². The second kappa shape index (κ2) is 7.92. The highest BCUT2D eigenvalue weighted by atomic mass is 35.5. The van der Waals surface area contributed by atoms with Crippen LogP contribution in [0.2, 0.25) is 5.02 Å². The fourth-order valence-electron chi connectivity index (χ4n) is 2.59. The summed E-state index contributed by atoms with van der Waals surface area (Å²) in [5.74, 6) is -1.66. The van der Waals surface area contributed by atoms with Crippen LogP contribution in [0.5, 0.6) is 0 Å². The Balaban J connectivity index is 1.92. The van der Waals surface area contributed by atoms with Crippen LogP contribution in [0.4, 0.5) is 18.9 Å². The van der Waals surface area contributed by atoms with Crippen molar-refractivity contribution < 1.29 is 21.8 Å². The third-order valence-electron chi connectivity index (χ3n) is 3.96. The van der Waals surface area contributed by atoms with Crippen molar-refractivity contribution in [2.75, 3.05) is 16.8 Å². The Morgan fingerprint density at radius 3 is 2.46 bits per heavy atom. The van der Waals surface area contributed by atoms with E-state index in [1.165, 1.54) is 12.1 Å². The lowest BCUT2D eigenvalue weighted by molar-refractivity contribution is 0.116. The molecule has 0 radical (unpaired) electrons. The molecule has 150 valence electrons. The van der Waals surface area contributed by atoms with Crippen LogP contribution in [0.25, 0.3) is 11.5 Å². The van der Waals surface area contributed by atoms with E-state index >= 15 is 0 Å². The van der Waals surface area contributed by atoms with Crippen LogP contribution in [-0.2, 0) is 16.7 Å². The van der Waals surface area contributed by atoms with Gasteiger partial charge in [0.2, 0.25) is 5.89 Å². The standard InChI is InChI=1S/C18H17ClF3N3O2S/c1-28(2,26)25(15-6-4-3-5-13(15)19)10-12-8-7-11(9-14(12)20)17-23-24-18(27-17)16(21)22/h3-9,16,28H,10H2,1-2H3. The van der Waals surface area contributed by atoms with Crippen molar-refractivity contribution in [3.63, 3.8) is 0 Å². The molecule has 1 heterocycles. The van der Waals surface area contributed by atoms with Gasteiger partial charge in [0.1, 0.15) is 5.82 Å². The molecule has 0 saturated heterocycles. The van der Waals surface area contributed by atoms with Crippen molar-refractivity contribution in [1.29, 1.82) is 0 Å². The summed E-state index contributed by atoms with van der Waals surface area (Å²) in [7, 11) is -2.83. The summed E-state index contributed by atoms with van der Waals surface area (Å²) in [6.45, 7) is 0.00619. The van der Waals surface area contributed by atoms with E-state index in [4.69, 9.17) is 16.0 Å². The highest BCUT2D eigenvalue weighted by Gasteiger charge is 2.21. The average Bonchev–Trinajstić information content (AvgIpc) is 3.11. The summed E-state index contributed by atoms with van der Waals surface area (Å²) in [6, 6.07) is 10.9. The smallest absolute Gasteiger partial charge is 0.314 e. The van der Waals surface area contributed by atoms with E-state index < -0.39 is 28.3 Å². The van der Waals surface area contributed by atoms with E-state index in [2.05, 4.69) is 10.2 Å². The molecule has 10 heteroatoms. The Kier molecular flexibility index (Phi) is 5.76. The molecule has 3 rings (SSSR count). The van der Waals surface area contributed by atoms with Gasteiger partial charge in [-0.05, 0) is 34.4 Å². The molecule has 0 amide bonds. The molecule has 2 aromatic carbocycles. The van der Waals surface area contributed by atoms with Gasteiger partial charge in [-0.25, -0.2) is 4.39 Å². The van der Waals surface area contributed by atoms with Crippen LogP contribution in [0.3, 0.4) is 0 Å². The summed E-state index contributed by atoms with van der Waals surface area (Å²) in [5.41, 5.74) is 0.946. The van der Waals surface area contributed by atoms with E-state index in [-0.39, 0.29) is 23.6 Å².